The number of non-ortho nitro benzene ring substituents is 1. The van der Waals surface area contributed by atoms with Crippen molar-refractivity contribution in [1.29, 1.82) is 0 Å². The number of nitro groups is 1. The molecule has 10 heteroatoms. The Hall–Kier alpha value is -2.62. The van der Waals surface area contributed by atoms with Crippen LogP contribution >= 0.6 is 0 Å². The van der Waals surface area contributed by atoms with Gasteiger partial charge in [0.25, 0.3) is 5.69 Å². The quantitative estimate of drug-likeness (QED) is 0.566. The van der Waals surface area contributed by atoms with Crippen LogP contribution in [0.15, 0.2) is 29.4 Å². The minimum Gasteiger partial charge on any atom is -0.444 e. The van der Waals surface area contributed by atoms with E-state index in [0.29, 0.717) is 17.6 Å². The molecule has 28 heavy (non-hydrogen) atoms. The Bertz CT molecular complexity index is 943. The molecule has 0 radical (unpaired) electrons. The van der Waals surface area contributed by atoms with Gasteiger partial charge in [-0.05, 0) is 39.7 Å². The first-order valence-corrected chi connectivity index (χ1v) is 10.2. The van der Waals surface area contributed by atoms with Crippen molar-refractivity contribution in [2.24, 2.45) is 0 Å². The van der Waals surface area contributed by atoms with Crippen molar-refractivity contribution in [1.82, 2.24) is 14.9 Å². The Kier molecular flexibility index (Phi) is 5.59. The zero-order chi connectivity index (χ0) is 20.5. The van der Waals surface area contributed by atoms with Crippen LogP contribution in [0.25, 0.3) is 11.0 Å². The van der Waals surface area contributed by atoms with Crippen molar-refractivity contribution >= 4 is 33.6 Å². The van der Waals surface area contributed by atoms with E-state index in [2.05, 4.69) is 9.97 Å². The molecule has 1 aliphatic heterocycles. The van der Waals surface area contributed by atoms with Crippen LogP contribution in [0.1, 0.15) is 33.6 Å². The summed E-state index contributed by atoms with van der Waals surface area (Å²) in [6.07, 6.45) is 2.55. The van der Waals surface area contributed by atoms with Gasteiger partial charge in [0.2, 0.25) is 0 Å². The van der Waals surface area contributed by atoms with Gasteiger partial charge in [0.05, 0.1) is 38.7 Å². The van der Waals surface area contributed by atoms with E-state index in [1.165, 1.54) is 24.4 Å². The summed E-state index contributed by atoms with van der Waals surface area (Å²) in [5, 5.41) is 11.1. The van der Waals surface area contributed by atoms with E-state index in [-0.39, 0.29) is 22.5 Å². The summed E-state index contributed by atoms with van der Waals surface area (Å²) in [7, 11) is -1.46. The van der Waals surface area contributed by atoms with Crippen molar-refractivity contribution in [2.45, 2.75) is 50.3 Å². The average molecular weight is 406 g/mol. The molecule has 1 saturated heterocycles. The monoisotopic (exact) mass is 406 g/mol. The van der Waals surface area contributed by atoms with Gasteiger partial charge >= 0.3 is 6.09 Å². The third kappa shape index (κ3) is 4.61. The summed E-state index contributed by atoms with van der Waals surface area (Å²) >= 11 is 0. The minimum atomic E-state index is -1.46. The molecule has 1 aromatic carbocycles. The van der Waals surface area contributed by atoms with Gasteiger partial charge in [-0.25, -0.2) is 9.78 Å². The lowest BCUT2D eigenvalue weighted by atomic mass is 10.2. The van der Waals surface area contributed by atoms with Gasteiger partial charge in [0.1, 0.15) is 10.6 Å². The van der Waals surface area contributed by atoms with E-state index in [9.17, 15) is 19.1 Å². The summed E-state index contributed by atoms with van der Waals surface area (Å²) in [4.78, 5) is 32.8. The maximum Gasteiger partial charge on any atom is 0.410 e. The van der Waals surface area contributed by atoms with Crippen LogP contribution in [0.4, 0.5) is 10.5 Å². The van der Waals surface area contributed by atoms with E-state index in [1.54, 1.807) is 4.90 Å². The molecular formula is C18H22N4O5S. The summed E-state index contributed by atoms with van der Waals surface area (Å²) in [5.41, 5.74) is 0.142. The number of aromatic nitrogens is 2. The molecule has 2 heterocycles. The molecule has 0 N–H and O–H groups in total. The largest absolute Gasteiger partial charge is 0.444 e. The van der Waals surface area contributed by atoms with Crippen LogP contribution in [-0.4, -0.2) is 54.0 Å². The highest BCUT2D eigenvalue weighted by molar-refractivity contribution is 7.85. The molecule has 3 rings (SSSR count). The van der Waals surface area contributed by atoms with Crippen molar-refractivity contribution in [3.8, 4) is 0 Å². The maximum atomic E-state index is 12.8. The minimum absolute atomic E-state index is 0.0744. The molecule has 2 unspecified atom stereocenters. The highest BCUT2D eigenvalue weighted by Crippen LogP contribution is 2.23. The number of rotatable bonds is 4. The molecule has 0 bridgehead atoms. The van der Waals surface area contributed by atoms with Crippen molar-refractivity contribution in [3.63, 3.8) is 0 Å². The molecule has 2 aromatic rings. The first-order valence-electron chi connectivity index (χ1n) is 8.93. The van der Waals surface area contributed by atoms with E-state index in [0.717, 1.165) is 12.8 Å². The first kappa shape index (κ1) is 20.1. The van der Waals surface area contributed by atoms with Crippen LogP contribution in [0, 0.1) is 10.1 Å². The highest BCUT2D eigenvalue weighted by Gasteiger charge is 2.33. The second-order valence-electron chi connectivity index (χ2n) is 7.62. The van der Waals surface area contributed by atoms with E-state index >= 15 is 0 Å². The second kappa shape index (κ2) is 7.78. The predicted molar refractivity (Wildman–Crippen MR) is 103 cm³/mol. The zero-order valence-electron chi connectivity index (χ0n) is 16.0. The lowest BCUT2D eigenvalue weighted by molar-refractivity contribution is -0.384. The number of hydrogen-bond donors (Lipinski definition) is 0. The van der Waals surface area contributed by atoms with Crippen LogP contribution in [-0.2, 0) is 15.5 Å². The van der Waals surface area contributed by atoms with Crippen LogP contribution in [0.5, 0.6) is 0 Å². The Labute approximate surface area is 164 Å². The lowest BCUT2D eigenvalue weighted by Crippen LogP contribution is -2.42. The number of hydrogen-bond acceptors (Lipinski definition) is 7. The first-order chi connectivity index (χ1) is 13.1. The molecular weight excluding hydrogens is 384 g/mol. The maximum absolute atomic E-state index is 12.8. The van der Waals surface area contributed by atoms with E-state index < -0.39 is 27.4 Å². The smallest absolute Gasteiger partial charge is 0.410 e. The number of amides is 1. The molecule has 2 atom stereocenters. The number of likely N-dealkylation sites (tertiary alicyclic amines) is 1. The van der Waals surface area contributed by atoms with Crippen LogP contribution in [0.3, 0.4) is 0 Å². The lowest BCUT2D eigenvalue weighted by Gasteiger charge is -2.28. The number of ether oxygens (including phenoxy) is 1. The van der Waals surface area contributed by atoms with Gasteiger partial charge in [-0.15, -0.1) is 0 Å². The predicted octanol–water partition coefficient (Wildman–Crippen LogP) is 3.05. The summed E-state index contributed by atoms with van der Waals surface area (Å²) < 4.78 is 18.2. The third-order valence-electron chi connectivity index (χ3n) is 4.30. The van der Waals surface area contributed by atoms with Crippen LogP contribution < -0.4 is 0 Å². The van der Waals surface area contributed by atoms with Crippen molar-refractivity contribution in [3.05, 3.63) is 34.5 Å². The summed E-state index contributed by atoms with van der Waals surface area (Å²) in [6, 6.07) is 3.97. The summed E-state index contributed by atoms with van der Waals surface area (Å²) in [6.45, 7) is 6.00. The fraction of sp³-hybridized carbons (Fsp3) is 0.500. The molecule has 0 spiro atoms. The number of nitro benzene ring substituents is 1. The van der Waals surface area contributed by atoms with Gasteiger partial charge in [-0.1, -0.05) is 0 Å². The number of carbonyl (C=O) groups is 1. The van der Waals surface area contributed by atoms with Crippen molar-refractivity contribution < 1.29 is 18.7 Å². The summed E-state index contributed by atoms with van der Waals surface area (Å²) in [5.74, 6) is 0.242. The number of fused-ring (bicyclic) bond motifs is 1. The molecule has 1 fully saturated rings. The SMILES string of the molecule is CC(C)(C)OC(=O)N1CCCC1CS(=O)c1cnc2cc([N+](=O)[O-])ccc2n1. The van der Waals surface area contributed by atoms with Gasteiger partial charge in [0, 0.05) is 24.7 Å². The van der Waals surface area contributed by atoms with Gasteiger partial charge in [-0.2, -0.15) is 0 Å². The van der Waals surface area contributed by atoms with Crippen LogP contribution in [0.2, 0.25) is 0 Å². The third-order valence-corrected chi connectivity index (χ3v) is 5.65. The molecule has 1 aromatic heterocycles. The standard InChI is InChI=1S/C18H22N4O5S/c1-18(2,3)27-17(23)21-8-4-5-13(21)11-28(26)16-10-19-15-9-12(22(24)25)6-7-14(15)20-16/h6-7,9-10,13H,4-5,8,11H2,1-3H3. The van der Waals surface area contributed by atoms with Crippen molar-refractivity contribution in [2.75, 3.05) is 12.3 Å². The average Bonchev–Trinajstić information content (AvgIpc) is 3.07. The van der Waals surface area contributed by atoms with Gasteiger partial charge in [0.15, 0.2) is 0 Å². The molecule has 0 aliphatic carbocycles. The second-order valence-corrected chi connectivity index (χ2v) is 9.06. The Balaban J connectivity index is 1.74. The number of benzene rings is 1. The molecule has 0 saturated carbocycles. The van der Waals surface area contributed by atoms with Gasteiger partial charge in [-0.3, -0.25) is 19.3 Å². The number of carbonyl (C=O) groups excluding carboxylic acids is 1. The Morgan fingerprint density at radius 1 is 1.39 bits per heavy atom. The topological polar surface area (TPSA) is 116 Å². The number of nitrogens with zero attached hydrogens (tertiary/aromatic N) is 4. The highest BCUT2D eigenvalue weighted by atomic mass is 32.2. The van der Waals surface area contributed by atoms with E-state index in [1.807, 2.05) is 20.8 Å². The van der Waals surface area contributed by atoms with E-state index in [4.69, 9.17) is 4.74 Å². The fourth-order valence-corrected chi connectivity index (χ4v) is 4.27. The fourth-order valence-electron chi connectivity index (χ4n) is 3.04. The molecule has 1 amide bonds. The molecule has 9 nitrogen and oxygen atoms in total. The Morgan fingerprint density at radius 3 is 2.82 bits per heavy atom. The zero-order valence-corrected chi connectivity index (χ0v) is 16.8. The van der Waals surface area contributed by atoms with Gasteiger partial charge < -0.3 is 9.64 Å². The Morgan fingerprint density at radius 2 is 2.14 bits per heavy atom. The molecule has 150 valence electrons. The molecule has 1 aliphatic rings. The normalized spacial score (nSPS) is 18.2.